The van der Waals surface area contributed by atoms with Gasteiger partial charge in [-0.05, 0) is 136 Å². The van der Waals surface area contributed by atoms with E-state index in [1.165, 1.54) is 123 Å². The van der Waals surface area contributed by atoms with Crippen molar-refractivity contribution in [1.82, 2.24) is 5.32 Å². The first-order chi connectivity index (χ1) is 29.2. The molecule has 0 bridgehead atoms. The highest BCUT2D eigenvalue weighted by Gasteiger charge is 2.62. The molecule has 3 nitrogen and oxygen atoms in total. The molecule has 4 fully saturated rings. The van der Waals surface area contributed by atoms with E-state index in [1.807, 2.05) is 83.2 Å². The topological polar surface area (TPSA) is 41.5 Å². The summed E-state index contributed by atoms with van der Waals surface area (Å²) < 4.78 is 12.3. The SMILES string of the molecule is C=CC.C=CCC1C(C)CC2(C)C1CCC1C2CCC2[C@H](C)CCCC12C.C=S(O)OC.CC.CC.CC.CC.CC.CCCCC.CCCCCC(C)C.CCCCNC. The summed E-state index contributed by atoms with van der Waals surface area (Å²) in [7, 11) is 3.38. The maximum atomic E-state index is 8.06. The summed E-state index contributed by atoms with van der Waals surface area (Å²) >= 11 is -1.07. The van der Waals surface area contributed by atoms with Crippen LogP contribution in [-0.2, 0) is 4.18 Å². The molecule has 0 radical (unpaired) electrons. The van der Waals surface area contributed by atoms with Crippen LogP contribution in [0.1, 0.15) is 261 Å². The maximum absolute atomic E-state index is 8.06. The number of rotatable bonds is 12. The van der Waals surface area contributed by atoms with Crippen molar-refractivity contribution in [3.8, 4) is 0 Å². The van der Waals surface area contributed by atoms with Crippen molar-refractivity contribution in [1.29, 1.82) is 0 Å². The first kappa shape index (κ1) is 74.9. The highest BCUT2D eigenvalue weighted by Crippen LogP contribution is 2.69. The van der Waals surface area contributed by atoms with Gasteiger partial charge in [-0.25, -0.2) is 0 Å². The predicted octanol–water partition coefficient (Wildman–Crippen LogP) is 20.6. The highest BCUT2D eigenvalue weighted by atomic mass is 32.2. The largest absolute Gasteiger partial charge is 0.320 e. The van der Waals surface area contributed by atoms with Gasteiger partial charge in [0.15, 0.2) is 0 Å². The molecule has 9 unspecified atom stereocenters. The van der Waals surface area contributed by atoms with Crippen molar-refractivity contribution >= 4 is 16.9 Å². The molecule has 4 heteroatoms. The van der Waals surface area contributed by atoms with Gasteiger partial charge in [-0.3, -0.25) is 0 Å². The zero-order valence-electron chi connectivity index (χ0n) is 47.1. The highest BCUT2D eigenvalue weighted by molar-refractivity contribution is 8.04. The third kappa shape index (κ3) is 33.7. The number of nitrogens with one attached hydrogen (secondary N) is 1. The second-order valence-corrected chi connectivity index (χ2v) is 18.4. The second kappa shape index (κ2) is 53.9. The van der Waals surface area contributed by atoms with Gasteiger partial charge in [-0.2, -0.15) is 0 Å². The van der Waals surface area contributed by atoms with E-state index in [4.69, 9.17) is 4.55 Å². The van der Waals surface area contributed by atoms with Crippen molar-refractivity contribution < 1.29 is 8.74 Å². The minimum absolute atomic E-state index is 0.630. The molecule has 61 heavy (non-hydrogen) atoms. The molecular weight excluding hydrogens is 763 g/mol. The summed E-state index contributed by atoms with van der Waals surface area (Å²) in [6, 6.07) is 0. The van der Waals surface area contributed by atoms with Gasteiger partial charge in [0, 0.05) is 0 Å². The lowest BCUT2D eigenvalue weighted by atomic mass is 9.42. The summed E-state index contributed by atoms with van der Waals surface area (Å²) in [5, 5.41) is 3.07. The maximum Gasteiger partial charge on any atom is 0.0653 e. The van der Waals surface area contributed by atoms with Crippen molar-refractivity contribution in [2.45, 2.75) is 261 Å². The number of fused-ring (bicyclic) bond motifs is 5. The zero-order chi connectivity index (χ0) is 49.5. The summed E-state index contributed by atoms with van der Waals surface area (Å²) in [5.74, 6) is 10.9. The average Bonchev–Trinajstić information content (AvgIpc) is 3.53. The molecule has 10 atom stereocenters. The molecule has 0 spiro atoms. The van der Waals surface area contributed by atoms with E-state index in [1.54, 1.807) is 6.08 Å². The van der Waals surface area contributed by atoms with E-state index in [0.29, 0.717) is 10.8 Å². The normalized spacial score (nSPS) is 27.3. The third-order valence-electron chi connectivity index (χ3n) is 13.0. The summed E-state index contributed by atoms with van der Waals surface area (Å²) in [6.07, 6.45) is 29.6. The second-order valence-electron chi connectivity index (χ2n) is 17.4. The number of unbranched alkanes of at least 4 members (excludes halogenated alkanes) is 5. The molecule has 4 rings (SSSR count). The molecule has 4 aliphatic carbocycles. The molecule has 0 aromatic rings. The monoisotopic (exact) mass is 888 g/mol. The van der Waals surface area contributed by atoms with Gasteiger partial charge in [-0.15, -0.1) is 13.2 Å². The Morgan fingerprint density at radius 2 is 1.10 bits per heavy atom. The van der Waals surface area contributed by atoms with Crippen molar-refractivity contribution in [2.24, 2.45) is 58.2 Å². The van der Waals surface area contributed by atoms with Crippen LogP contribution in [0.2, 0.25) is 0 Å². The first-order valence-corrected chi connectivity index (χ1v) is 28.1. The van der Waals surface area contributed by atoms with Crippen molar-refractivity contribution in [3.63, 3.8) is 0 Å². The van der Waals surface area contributed by atoms with E-state index in [2.05, 4.69) is 104 Å². The summed E-state index contributed by atoms with van der Waals surface area (Å²) in [6.45, 7) is 54.5. The molecule has 0 aromatic carbocycles. The Balaban J connectivity index is -0.000000131. The van der Waals surface area contributed by atoms with Crippen LogP contribution in [0.15, 0.2) is 25.3 Å². The Morgan fingerprint density at radius 1 is 0.689 bits per heavy atom. The molecule has 0 aromatic heterocycles. The van der Waals surface area contributed by atoms with Crippen LogP contribution >= 0.6 is 11.0 Å². The number of hydrogen-bond donors (Lipinski definition) is 2. The fraction of sp³-hybridized carbons (Fsp3) is 0.912. The molecule has 4 saturated carbocycles. The minimum Gasteiger partial charge on any atom is -0.320 e. The Bertz CT molecular complexity index is 854. The van der Waals surface area contributed by atoms with Gasteiger partial charge in [0.25, 0.3) is 0 Å². The standard InChI is InChI=1S/C24H40.C8H18.C5H13N.C5H12.C3H6.C2H6O2S.5C2H6/c1-6-8-18-17(3)15-24(5)20(18)11-13-21-22(24)12-10-19-16(2)9-7-14-23(19,21)4;1-4-5-6-7-8(2)3;1-3-4-5-6-2;1-3-5-4-2;1-3-2;1-4-5(2)3;5*1-2/h6,16-22H,1,7-15H2,2-5H3;8H,4-7H2,1-3H3;6H,3-5H2,1-2H3;3-5H2,1-2H3;3H,1H2,2H3;3H,2H2,1H3;5*1-2H3/t16-,17?,18?,19?,20?,21?,22?,23?,24?;;;;;;;;;;/m1........../s1. The van der Waals surface area contributed by atoms with Gasteiger partial charge >= 0.3 is 0 Å². The van der Waals surface area contributed by atoms with Crippen LogP contribution in [0.3, 0.4) is 0 Å². The van der Waals surface area contributed by atoms with Crippen LogP contribution in [0, 0.1) is 58.2 Å². The van der Waals surface area contributed by atoms with E-state index in [9.17, 15) is 0 Å². The van der Waals surface area contributed by atoms with Gasteiger partial charge in [-0.1, -0.05) is 215 Å². The van der Waals surface area contributed by atoms with E-state index < -0.39 is 11.0 Å². The lowest BCUT2D eigenvalue weighted by Gasteiger charge is -2.62. The molecule has 376 valence electrons. The van der Waals surface area contributed by atoms with Gasteiger partial charge in [0.05, 0.1) is 18.2 Å². The van der Waals surface area contributed by atoms with E-state index in [-0.39, 0.29) is 0 Å². The molecule has 0 amide bonds. The Hall–Kier alpha value is -0.420. The molecule has 2 N–H and O–H groups in total. The molecule has 4 aliphatic rings. The van der Waals surface area contributed by atoms with Crippen LogP contribution in [0.5, 0.6) is 0 Å². The quantitative estimate of drug-likeness (QED) is 0.117. The average molecular weight is 889 g/mol. The molecular formula is C57H125NO2S. The molecule has 0 aliphatic heterocycles. The van der Waals surface area contributed by atoms with Gasteiger partial charge < -0.3 is 14.1 Å². The van der Waals surface area contributed by atoms with E-state index in [0.717, 1.165) is 53.9 Å². The van der Waals surface area contributed by atoms with E-state index >= 15 is 0 Å². The summed E-state index contributed by atoms with van der Waals surface area (Å²) in [5.41, 5.74) is 1.29. The number of hydrogen-bond acceptors (Lipinski definition) is 3. The molecule has 0 saturated heterocycles. The number of allylic oxidation sites excluding steroid dienone is 2. The lowest BCUT2D eigenvalue weighted by Crippen LogP contribution is -2.55. The van der Waals surface area contributed by atoms with Crippen molar-refractivity contribution in [2.75, 3.05) is 20.7 Å². The van der Waals surface area contributed by atoms with Crippen LogP contribution in [0.25, 0.3) is 0 Å². The Labute approximate surface area is 394 Å². The predicted molar refractivity (Wildman–Crippen MR) is 294 cm³/mol. The zero-order valence-corrected chi connectivity index (χ0v) is 47.9. The first-order valence-electron chi connectivity index (χ1n) is 26.8. The van der Waals surface area contributed by atoms with Gasteiger partial charge in [0.1, 0.15) is 0 Å². The molecule has 0 heterocycles. The Morgan fingerprint density at radius 3 is 1.44 bits per heavy atom. The summed E-state index contributed by atoms with van der Waals surface area (Å²) in [4.78, 5) is 0. The van der Waals surface area contributed by atoms with Crippen molar-refractivity contribution in [3.05, 3.63) is 25.3 Å². The fourth-order valence-electron chi connectivity index (χ4n) is 10.6. The van der Waals surface area contributed by atoms with Crippen LogP contribution in [-0.4, -0.2) is 31.1 Å². The van der Waals surface area contributed by atoms with Gasteiger partial charge in [0.2, 0.25) is 0 Å². The fourth-order valence-corrected chi connectivity index (χ4v) is 10.6. The Kier molecular flexibility index (Phi) is 66.2. The van der Waals surface area contributed by atoms with Crippen LogP contribution in [0.4, 0.5) is 0 Å². The third-order valence-corrected chi connectivity index (χ3v) is 13.4. The minimum atomic E-state index is -1.07. The smallest absolute Gasteiger partial charge is 0.0653 e. The van der Waals surface area contributed by atoms with Crippen LogP contribution < -0.4 is 5.32 Å². The lowest BCUT2D eigenvalue weighted by molar-refractivity contribution is -0.134.